The van der Waals surface area contributed by atoms with Crippen molar-refractivity contribution in [3.63, 3.8) is 0 Å². The van der Waals surface area contributed by atoms with Crippen LogP contribution in [0.5, 0.6) is 0 Å². The zero-order chi connectivity index (χ0) is 13.2. The monoisotopic (exact) mass is 248 g/mol. The molecule has 0 aromatic rings. The molecule has 0 aromatic heterocycles. The molecule has 3 saturated carbocycles. The molecule has 0 heterocycles. The smallest absolute Gasteiger partial charge is 0.139 e. The highest BCUT2D eigenvalue weighted by molar-refractivity contribution is 5.85. The average Bonchev–Trinajstić information content (AvgIpc) is 2.65. The van der Waals surface area contributed by atoms with Crippen molar-refractivity contribution < 1.29 is 4.79 Å². The molecule has 0 N–H and O–H groups in total. The van der Waals surface area contributed by atoms with Crippen LogP contribution in [0.1, 0.15) is 72.6 Å². The number of carbonyl (C=O) groups excluding carboxylic acids is 1. The third-order valence-electron chi connectivity index (χ3n) is 7.55. The molecule has 3 aliphatic carbocycles. The van der Waals surface area contributed by atoms with Crippen LogP contribution >= 0.6 is 0 Å². The molecule has 18 heavy (non-hydrogen) atoms. The van der Waals surface area contributed by atoms with Gasteiger partial charge in [0.1, 0.15) is 5.78 Å². The van der Waals surface area contributed by atoms with Gasteiger partial charge in [0.2, 0.25) is 0 Å². The standard InChI is InChI=1S/C17H28O/c1-15(2)12-8-10-17(15,4)13(11-12)16(3)9-6-5-7-14(16)18/h12-13H,5-11H2,1-4H3/t12-,13+,16?,17+/m1/s1. The van der Waals surface area contributed by atoms with Gasteiger partial charge in [-0.05, 0) is 54.8 Å². The maximum absolute atomic E-state index is 12.5. The van der Waals surface area contributed by atoms with Crippen LogP contribution in [0.15, 0.2) is 0 Å². The van der Waals surface area contributed by atoms with Crippen LogP contribution in [-0.4, -0.2) is 5.78 Å². The van der Waals surface area contributed by atoms with Crippen molar-refractivity contribution in [1.82, 2.24) is 0 Å². The van der Waals surface area contributed by atoms with Crippen molar-refractivity contribution in [3.8, 4) is 0 Å². The lowest BCUT2D eigenvalue weighted by Crippen LogP contribution is -2.46. The zero-order valence-electron chi connectivity index (χ0n) is 12.5. The van der Waals surface area contributed by atoms with Crippen molar-refractivity contribution in [2.24, 2.45) is 28.1 Å². The number of hydrogen-bond donors (Lipinski definition) is 0. The third-order valence-corrected chi connectivity index (χ3v) is 7.55. The van der Waals surface area contributed by atoms with Crippen LogP contribution in [0.3, 0.4) is 0 Å². The van der Waals surface area contributed by atoms with E-state index in [9.17, 15) is 4.79 Å². The van der Waals surface area contributed by atoms with Gasteiger partial charge < -0.3 is 0 Å². The Morgan fingerprint density at radius 3 is 2.28 bits per heavy atom. The Morgan fingerprint density at radius 2 is 1.78 bits per heavy atom. The lowest BCUT2D eigenvalue weighted by molar-refractivity contribution is -0.138. The molecule has 3 aliphatic rings. The van der Waals surface area contributed by atoms with E-state index in [1.165, 1.54) is 25.7 Å². The first kappa shape index (κ1) is 12.7. The number of fused-ring (bicyclic) bond motifs is 2. The zero-order valence-corrected chi connectivity index (χ0v) is 12.5. The van der Waals surface area contributed by atoms with Crippen molar-refractivity contribution in [3.05, 3.63) is 0 Å². The van der Waals surface area contributed by atoms with Crippen LogP contribution in [0.4, 0.5) is 0 Å². The van der Waals surface area contributed by atoms with Crippen molar-refractivity contribution in [1.29, 1.82) is 0 Å². The fourth-order valence-corrected chi connectivity index (χ4v) is 5.74. The Labute approximate surface area is 112 Å². The van der Waals surface area contributed by atoms with Gasteiger partial charge in [-0.2, -0.15) is 0 Å². The van der Waals surface area contributed by atoms with E-state index in [0.717, 1.165) is 25.2 Å². The van der Waals surface area contributed by atoms with Gasteiger partial charge in [-0.15, -0.1) is 0 Å². The van der Waals surface area contributed by atoms with E-state index in [4.69, 9.17) is 0 Å². The molecule has 0 saturated heterocycles. The molecular formula is C17H28O. The van der Waals surface area contributed by atoms with E-state index >= 15 is 0 Å². The molecule has 0 aliphatic heterocycles. The van der Waals surface area contributed by atoms with Crippen LogP contribution in [-0.2, 0) is 4.79 Å². The van der Waals surface area contributed by atoms with Crippen molar-refractivity contribution >= 4 is 5.78 Å². The molecule has 0 radical (unpaired) electrons. The normalized spacial score (nSPS) is 50.8. The first-order chi connectivity index (χ1) is 8.32. The van der Waals surface area contributed by atoms with Gasteiger partial charge in [-0.3, -0.25) is 4.79 Å². The Morgan fingerprint density at radius 1 is 1.06 bits per heavy atom. The van der Waals surface area contributed by atoms with Gasteiger partial charge in [0.25, 0.3) is 0 Å². The first-order valence-electron chi connectivity index (χ1n) is 7.86. The maximum atomic E-state index is 12.5. The summed E-state index contributed by atoms with van der Waals surface area (Å²) in [6.07, 6.45) is 8.43. The predicted octanol–water partition coefficient (Wildman–Crippen LogP) is 4.60. The molecule has 0 amide bonds. The lowest BCUT2D eigenvalue weighted by atomic mass is 9.55. The quantitative estimate of drug-likeness (QED) is 0.663. The minimum Gasteiger partial charge on any atom is -0.299 e. The Bertz CT molecular complexity index is 383. The number of carbonyl (C=O) groups is 1. The summed E-state index contributed by atoms with van der Waals surface area (Å²) in [5, 5.41) is 0. The fourth-order valence-electron chi connectivity index (χ4n) is 5.74. The Kier molecular flexibility index (Phi) is 2.55. The topological polar surface area (TPSA) is 17.1 Å². The Balaban J connectivity index is 1.97. The summed E-state index contributed by atoms with van der Waals surface area (Å²) in [6, 6.07) is 0. The SMILES string of the molecule is CC1([C@@H]2C[C@H]3CC[C@]2(C)C3(C)C)CCCCC1=O. The minimum atomic E-state index is -0.000556. The second-order valence-electron chi connectivity index (χ2n) is 8.21. The number of rotatable bonds is 1. The Hall–Kier alpha value is -0.330. The van der Waals surface area contributed by atoms with E-state index in [1.54, 1.807) is 0 Å². The van der Waals surface area contributed by atoms with Gasteiger partial charge in [0, 0.05) is 11.8 Å². The van der Waals surface area contributed by atoms with Crippen LogP contribution in [0.2, 0.25) is 0 Å². The molecular weight excluding hydrogens is 220 g/mol. The first-order valence-corrected chi connectivity index (χ1v) is 7.86. The average molecular weight is 248 g/mol. The predicted molar refractivity (Wildman–Crippen MR) is 74.3 cm³/mol. The van der Waals surface area contributed by atoms with E-state index in [-0.39, 0.29) is 5.41 Å². The van der Waals surface area contributed by atoms with Crippen molar-refractivity contribution in [2.45, 2.75) is 72.6 Å². The summed E-state index contributed by atoms with van der Waals surface area (Å²) in [7, 11) is 0. The second-order valence-corrected chi connectivity index (χ2v) is 8.21. The van der Waals surface area contributed by atoms with Crippen LogP contribution < -0.4 is 0 Å². The second kappa shape index (κ2) is 3.61. The van der Waals surface area contributed by atoms with Gasteiger partial charge in [0.05, 0.1) is 0 Å². The van der Waals surface area contributed by atoms with E-state index < -0.39 is 0 Å². The highest BCUT2D eigenvalue weighted by Crippen LogP contribution is 2.72. The summed E-state index contributed by atoms with van der Waals surface area (Å²) < 4.78 is 0. The van der Waals surface area contributed by atoms with E-state index in [2.05, 4.69) is 27.7 Å². The van der Waals surface area contributed by atoms with Crippen molar-refractivity contribution in [2.75, 3.05) is 0 Å². The summed E-state index contributed by atoms with van der Waals surface area (Å²) >= 11 is 0. The van der Waals surface area contributed by atoms with Crippen LogP contribution in [0.25, 0.3) is 0 Å². The largest absolute Gasteiger partial charge is 0.299 e. The molecule has 1 unspecified atom stereocenters. The molecule has 102 valence electrons. The summed E-state index contributed by atoms with van der Waals surface area (Å²) in [4.78, 5) is 12.5. The molecule has 1 heteroatoms. The van der Waals surface area contributed by atoms with Gasteiger partial charge in [-0.1, -0.05) is 34.1 Å². The van der Waals surface area contributed by atoms with Crippen LogP contribution in [0, 0.1) is 28.1 Å². The molecule has 1 nitrogen and oxygen atoms in total. The van der Waals surface area contributed by atoms with E-state index in [1.807, 2.05) is 0 Å². The highest BCUT2D eigenvalue weighted by Gasteiger charge is 2.66. The number of ketones is 1. The van der Waals surface area contributed by atoms with Gasteiger partial charge in [0.15, 0.2) is 0 Å². The van der Waals surface area contributed by atoms with Gasteiger partial charge >= 0.3 is 0 Å². The molecule has 0 aromatic carbocycles. The highest BCUT2D eigenvalue weighted by atomic mass is 16.1. The third kappa shape index (κ3) is 1.31. The molecule has 0 spiro atoms. The number of hydrogen-bond acceptors (Lipinski definition) is 1. The molecule has 4 atom stereocenters. The molecule has 2 bridgehead atoms. The lowest BCUT2D eigenvalue weighted by Gasteiger charge is -2.49. The summed E-state index contributed by atoms with van der Waals surface area (Å²) in [5.74, 6) is 2.08. The van der Waals surface area contributed by atoms with E-state index in [0.29, 0.717) is 22.5 Å². The summed E-state index contributed by atoms with van der Waals surface area (Å²) in [5.41, 5.74) is 0.845. The molecule has 3 rings (SSSR count). The molecule has 3 fully saturated rings. The minimum absolute atomic E-state index is 0.000556. The summed E-state index contributed by atoms with van der Waals surface area (Å²) in [6.45, 7) is 9.70. The fraction of sp³-hybridized carbons (Fsp3) is 0.941. The number of Topliss-reactive ketones (excluding diaryl/α,β-unsaturated/α-hetero) is 1. The maximum Gasteiger partial charge on any atom is 0.139 e. The van der Waals surface area contributed by atoms with Gasteiger partial charge in [-0.25, -0.2) is 0 Å².